The van der Waals surface area contributed by atoms with E-state index in [1.807, 2.05) is 18.4 Å². The molecule has 0 saturated heterocycles. The zero-order valence-electron chi connectivity index (χ0n) is 22.4. The van der Waals surface area contributed by atoms with E-state index in [1.54, 1.807) is 55.7 Å². The maximum atomic E-state index is 15.0. The molecule has 7 nitrogen and oxygen atoms in total. The van der Waals surface area contributed by atoms with Crippen molar-refractivity contribution in [1.29, 1.82) is 0 Å². The summed E-state index contributed by atoms with van der Waals surface area (Å²) >= 11 is 0. The van der Waals surface area contributed by atoms with E-state index in [1.165, 1.54) is 30.5 Å². The number of pyridine rings is 3. The second kappa shape index (κ2) is 12.2. The third-order valence-corrected chi connectivity index (χ3v) is 6.08. The number of ether oxygens (including phenoxy) is 1. The molecule has 0 radical (unpaired) electrons. The van der Waals surface area contributed by atoms with Crippen LogP contribution in [-0.4, -0.2) is 14.5 Å². The van der Waals surface area contributed by atoms with E-state index < -0.39 is 11.6 Å². The number of halogens is 2. The van der Waals surface area contributed by atoms with Gasteiger partial charge in [0.1, 0.15) is 23.2 Å². The average molecular weight is 542 g/mol. The first-order valence-electron chi connectivity index (χ1n) is 12.7. The molecule has 0 amide bonds. The van der Waals surface area contributed by atoms with Crippen LogP contribution < -0.4 is 21.2 Å². The average Bonchev–Trinajstić information content (AvgIpc) is 2.96. The number of aromatic nitrogens is 3. The molecular formula is C31H29F2N5O2. The minimum atomic E-state index is -0.624. The van der Waals surface area contributed by atoms with Crippen molar-refractivity contribution in [3.05, 3.63) is 113 Å². The van der Waals surface area contributed by atoms with Crippen molar-refractivity contribution in [2.75, 3.05) is 11.1 Å². The fourth-order valence-corrected chi connectivity index (χ4v) is 4.11. The Morgan fingerprint density at radius 2 is 1.75 bits per heavy atom. The predicted molar refractivity (Wildman–Crippen MR) is 156 cm³/mol. The van der Waals surface area contributed by atoms with Crippen molar-refractivity contribution >= 4 is 28.2 Å². The summed E-state index contributed by atoms with van der Waals surface area (Å²) in [5.41, 5.74) is 8.03. The Hall–Kier alpha value is -5.05. The normalized spacial score (nSPS) is 10.5. The third kappa shape index (κ3) is 5.68. The van der Waals surface area contributed by atoms with Crippen molar-refractivity contribution in [2.45, 2.75) is 27.3 Å². The fourth-order valence-electron chi connectivity index (χ4n) is 4.11. The first kappa shape index (κ1) is 28.0. The summed E-state index contributed by atoms with van der Waals surface area (Å²) in [6, 6.07) is 13.4. The summed E-state index contributed by atoms with van der Waals surface area (Å²) in [5.74, 6) is -0.0838. The van der Waals surface area contributed by atoms with E-state index in [9.17, 15) is 9.18 Å². The van der Waals surface area contributed by atoms with Crippen LogP contribution in [0.4, 0.5) is 26.1 Å². The summed E-state index contributed by atoms with van der Waals surface area (Å²) in [5, 5.41) is 3.37. The highest BCUT2D eigenvalue weighted by atomic mass is 19.1. The molecule has 2 aromatic carbocycles. The fraction of sp³-hybridized carbons (Fsp3) is 0.129. The van der Waals surface area contributed by atoms with Gasteiger partial charge in [-0.15, -0.1) is 6.58 Å². The number of fused-ring (bicyclic) bond motifs is 1. The number of allylic oxidation sites excluding steroid dienone is 1. The molecule has 204 valence electrons. The van der Waals surface area contributed by atoms with Crippen LogP contribution in [0.15, 0.2) is 90.6 Å². The molecule has 0 atom stereocenters. The SMILES string of the molecule is C=CCn1cc(-c2ccc(F)cc2)c(=O)c2c(Nc3ccc(Oc4ccnc(N)c4C)c(F)c3)nccc21.CC. The van der Waals surface area contributed by atoms with E-state index in [0.29, 0.717) is 51.4 Å². The summed E-state index contributed by atoms with van der Waals surface area (Å²) < 4.78 is 36.1. The molecule has 5 aromatic rings. The Morgan fingerprint density at radius 1 is 1.02 bits per heavy atom. The lowest BCUT2D eigenvalue weighted by molar-refractivity contribution is 0.439. The molecule has 3 N–H and O–H groups in total. The molecule has 5 rings (SSSR count). The zero-order valence-corrected chi connectivity index (χ0v) is 22.4. The molecule has 0 aliphatic rings. The zero-order chi connectivity index (χ0) is 28.8. The molecule has 0 fully saturated rings. The molecule has 3 heterocycles. The van der Waals surface area contributed by atoms with Crippen LogP contribution in [0.5, 0.6) is 11.5 Å². The third-order valence-electron chi connectivity index (χ3n) is 6.08. The van der Waals surface area contributed by atoms with Crippen molar-refractivity contribution in [1.82, 2.24) is 14.5 Å². The van der Waals surface area contributed by atoms with E-state index in [2.05, 4.69) is 21.9 Å². The Bertz CT molecular complexity index is 1730. The van der Waals surface area contributed by atoms with Crippen LogP contribution in [0.1, 0.15) is 19.4 Å². The van der Waals surface area contributed by atoms with Gasteiger partial charge in [0.25, 0.3) is 0 Å². The minimum Gasteiger partial charge on any atom is -0.454 e. The van der Waals surface area contributed by atoms with Gasteiger partial charge in [-0.05, 0) is 48.9 Å². The standard InChI is InChI=1S/C29H23F2N5O2.C2H6/c1-3-14-36-16-21(18-4-6-19(30)7-5-18)27(37)26-23(36)10-12-34-29(26)35-20-8-9-25(22(31)15-20)38-24-11-13-33-28(32)17(24)2;1-2/h3-13,15-16H,1,14H2,2H3,(H2,32,33)(H,34,35);1-2H3. The lowest BCUT2D eigenvalue weighted by Gasteiger charge is -2.15. The van der Waals surface area contributed by atoms with Crippen molar-refractivity contribution in [3.8, 4) is 22.6 Å². The number of nitrogens with one attached hydrogen (secondary N) is 1. The van der Waals surface area contributed by atoms with Crippen LogP contribution in [-0.2, 0) is 6.54 Å². The number of nitrogen functional groups attached to an aromatic ring is 1. The largest absolute Gasteiger partial charge is 0.454 e. The second-order valence-electron chi connectivity index (χ2n) is 8.57. The lowest BCUT2D eigenvalue weighted by atomic mass is 10.0. The van der Waals surface area contributed by atoms with Gasteiger partial charge in [-0.25, -0.2) is 18.7 Å². The minimum absolute atomic E-state index is 0.00191. The van der Waals surface area contributed by atoms with Crippen molar-refractivity contribution < 1.29 is 13.5 Å². The Morgan fingerprint density at radius 3 is 2.45 bits per heavy atom. The Labute approximate surface area is 230 Å². The molecule has 9 heteroatoms. The van der Waals surface area contributed by atoms with Gasteiger partial charge in [0.05, 0.1) is 10.9 Å². The summed E-state index contributed by atoms with van der Waals surface area (Å²) in [7, 11) is 0. The van der Waals surface area contributed by atoms with E-state index >= 15 is 4.39 Å². The smallest absolute Gasteiger partial charge is 0.200 e. The van der Waals surface area contributed by atoms with E-state index in [-0.39, 0.29) is 17.0 Å². The molecule has 0 spiro atoms. The number of rotatable bonds is 7. The maximum Gasteiger partial charge on any atom is 0.200 e. The number of anilines is 3. The summed E-state index contributed by atoms with van der Waals surface area (Å²) in [4.78, 5) is 22.0. The van der Waals surface area contributed by atoms with Gasteiger partial charge in [-0.1, -0.05) is 32.1 Å². The molecule has 0 unspecified atom stereocenters. The highest BCUT2D eigenvalue weighted by molar-refractivity contribution is 5.93. The summed E-state index contributed by atoms with van der Waals surface area (Å²) in [6.07, 6.45) is 6.46. The van der Waals surface area contributed by atoms with Crippen LogP contribution in [0, 0.1) is 18.6 Å². The number of nitrogens with zero attached hydrogens (tertiary/aromatic N) is 3. The Kier molecular flexibility index (Phi) is 8.54. The number of benzene rings is 2. The van der Waals surface area contributed by atoms with Gasteiger partial charge in [0.2, 0.25) is 5.43 Å². The number of nitrogens with two attached hydrogens (primary N) is 1. The highest BCUT2D eigenvalue weighted by Gasteiger charge is 2.16. The Balaban J connectivity index is 0.00000181. The van der Waals surface area contributed by atoms with E-state index in [4.69, 9.17) is 10.5 Å². The van der Waals surface area contributed by atoms with Crippen LogP contribution in [0.2, 0.25) is 0 Å². The molecular weight excluding hydrogens is 512 g/mol. The monoisotopic (exact) mass is 541 g/mol. The van der Waals surface area contributed by atoms with Gasteiger partial charge < -0.3 is 20.4 Å². The van der Waals surface area contributed by atoms with Gasteiger partial charge in [-0.2, -0.15) is 0 Å². The number of hydrogen-bond acceptors (Lipinski definition) is 6. The first-order valence-corrected chi connectivity index (χ1v) is 12.7. The van der Waals surface area contributed by atoms with Gasteiger partial charge in [0.15, 0.2) is 11.6 Å². The number of hydrogen-bond donors (Lipinski definition) is 2. The molecule has 0 aliphatic heterocycles. The quantitative estimate of drug-likeness (QED) is 0.209. The van der Waals surface area contributed by atoms with Gasteiger partial charge in [0, 0.05) is 48.0 Å². The van der Waals surface area contributed by atoms with Crippen molar-refractivity contribution in [2.24, 2.45) is 0 Å². The topological polar surface area (TPSA) is 95.1 Å². The second-order valence-corrected chi connectivity index (χ2v) is 8.57. The molecule has 3 aromatic heterocycles. The molecule has 0 bridgehead atoms. The molecule has 40 heavy (non-hydrogen) atoms. The van der Waals surface area contributed by atoms with E-state index in [0.717, 1.165) is 0 Å². The van der Waals surface area contributed by atoms with Gasteiger partial charge >= 0.3 is 0 Å². The predicted octanol–water partition coefficient (Wildman–Crippen LogP) is 7.38. The van der Waals surface area contributed by atoms with Crippen LogP contribution in [0.3, 0.4) is 0 Å². The molecule has 0 aliphatic carbocycles. The van der Waals surface area contributed by atoms with Crippen molar-refractivity contribution in [3.63, 3.8) is 0 Å². The van der Waals surface area contributed by atoms with Crippen LogP contribution >= 0.6 is 0 Å². The molecule has 0 saturated carbocycles. The van der Waals surface area contributed by atoms with Gasteiger partial charge in [-0.3, -0.25) is 4.79 Å². The summed E-state index contributed by atoms with van der Waals surface area (Å²) in [6.45, 7) is 9.96. The maximum absolute atomic E-state index is 15.0. The first-order chi connectivity index (χ1) is 19.4. The van der Waals surface area contributed by atoms with Crippen LogP contribution in [0.25, 0.3) is 22.0 Å². The highest BCUT2D eigenvalue weighted by Crippen LogP contribution is 2.32. The lowest BCUT2D eigenvalue weighted by Crippen LogP contribution is -2.14.